The zero-order chi connectivity index (χ0) is 13.9. The molecule has 1 aliphatic heterocycles. The van der Waals surface area contributed by atoms with E-state index in [0.29, 0.717) is 11.6 Å². The summed E-state index contributed by atoms with van der Waals surface area (Å²) in [6.45, 7) is 3.66. The Balaban J connectivity index is 2.28. The summed E-state index contributed by atoms with van der Waals surface area (Å²) in [5, 5.41) is 3.51. The van der Waals surface area contributed by atoms with Crippen LogP contribution in [0.1, 0.15) is 25.3 Å². The van der Waals surface area contributed by atoms with Crippen LogP contribution < -0.4 is 15.8 Å². The predicted octanol–water partition coefficient (Wildman–Crippen LogP) is 2.31. The maximum atomic E-state index is 5.77. The fourth-order valence-corrected chi connectivity index (χ4v) is 2.50. The SMILES string of the molecule is COc1ccc(C(N)=S)c(NC2(C)CCCOC2)c1. The quantitative estimate of drug-likeness (QED) is 0.829. The van der Waals surface area contributed by atoms with E-state index in [1.807, 2.05) is 18.2 Å². The molecule has 5 heteroatoms. The Morgan fingerprint density at radius 2 is 2.32 bits per heavy atom. The molecule has 2 rings (SSSR count). The molecule has 1 aromatic rings. The van der Waals surface area contributed by atoms with Gasteiger partial charge in [-0.1, -0.05) is 12.2 Å². The minimum absolute atomic E-state index is 0.0931. The van der Waals surface area contributed by atoms with E-state index < -0.39 is 0 Å². The molecule has 19 heavy (non-hydrogen) atoms. The molecule has 1 unspecified atom stereocenters. The van der Waals surface area contributed by atoms with Crippen LogP contribution in [0.4, 0.5) is 5.69 Å². The molecule has 0 saturated carbocycles. The Bertz CT molecular complexity index is 471. The number of anilines is 1. The van der Waals surface area contributed by atoms with Crippen molar-refractivity contribution in [1.82, 2.24) is 0 Å². The van der Waals surface area contributed by atoms with Crippen molar-refractivity contribution in [2.24, 2.45) is 5.73 Å². The number of ether oxygens (including phenoxy) is 2. The lowest BCUT2D eigenvalue weighted by atomic mass is 9.94. The molecule has 1 fully saturated rings. The molecule has 104 valence electrons. The van der Waals surface area contributed by atoms with Crippen LogP contribution in [0.5, 0.6) is 5.75 Å². The maximum absolute atomic E-state index is 5.77. The third kappa shape index (κ3) is 3.36. The van der Waals surface area contributed by atoms with E-state index in [4.69, 9.17) is 27.4 Å². The molecule has 4 nitrogen and oxygen atoms in total. The molecule has 0 amide bonds. The number of nitrogens with one attached hydrogen (secondary N) is 1. The number of rotatable bonds is 4. The lowest BCUT2D eigenvalue weighted by Gasteiger charge is -2.36. The standard InChI is InChI=1S/C14H20N2O2S/c1-14(6-3-7-18-9-14)16-12-8-10(17-2)4-5-11(12)13(15)19/h4-5,8,16H,3,6-7,9H2,1-2H3,(H2,15,19). The molecule has 0 bridgehead atoms. The fourth-order valence-electron chi connectivity index (χ4n) is 2.33. The van der Waals surface area contributed by atoms with Gasteiger partial charge in [0.05, 0.1) is 19.3 Å². The Kier molecular flexibility index (Phi) is 4.27. The second-order valence-corrected chi connectivity index (χ2v) is 5.56. The largest absolute Gasteiger partial charge is 0.497 e. The van der Waals surface area contributed by atoms with Gasteiger partial charge in [-0.25, -0.2) is 0 Å². The molecule has 1 heterocycles. The highest BCUT2D eigenvalue weighted by atomic mass is 32.1. The van der Waals surface area contributed by atoms with Crippen molar-refractivity contribution in [3.8, 4) is 5.75 Å². The van der Waals surface area contributed by atoms with Gasteiger partial charge in [0.2, 0.25) is 0 Å². The normalized spacial score (nSPS) is 22.8. The highest BCUT2D eigenvalue weighted by Gasteiger charge is 2.28. The first-order valence-corrected chi connectivity index (χ1v) is 6.79. The topological polar surface area (TPSA) is 56.5 Å². The Morgan fingerprint density at radius 3 is 2.89 bits per heavy atom. The van der Waals surface area contributed by atoms with Crippen LogP contribution in [0.15, 0.2) is 18.2 Å². The van der Waals surface area contributed by atoms with E-state index >= 15 is 0 Å². The third-order valence-corrected chi connectivity index (χ3v) is 3.59. The van der Waals surface area contributed by atoms with E-state index in [1.54, 1.807) is 7.11 Å². The van der Waals surface area contributed by atoms with E-state index in [2.05, 4.69) is 12.2 Å². The fraction of sp³-hybridized carbons (Fsp3) is 0.500. The van der Waals surface area contributed by atoms with Gasteiger partial charge in [-0.15, -0.1) is 0 Å². The molecule has 3 N–H and O–H groups in total. The molecule has 1 aliphatic rings. The van der Waals surface area contributed by atoms with Crippen LogP contribution in [-0.4, -0.2) is 30.9 Å². The van der Waals surface area contributed by atoms with Gasteiger partial charge in [0.25, 0.3) is 0 Å². The molecule has 0 spiro atoms. The minimum Gasteiger partial charge on any atom is -0.497 e. The number of hydrogen-bond donors (Lipinski definition) is 2. The molecule has 1 saturated heterocycles. The van der Waals surface area contributed by atoms with Crippen molar-refractivity contribution >= 4 is 22.9 Å². The van der Waals surface area contributed by atoms with Gasteiger partial charge in [0.1, 0.15) is 10.7 Å². The van der Waals surface area contributed by atoms with Crippen LogP contribution in [-0.2, 0) is 4.74 Å². The minimum atomic E-state index is -0.0931. The Hall–Kier alpha value is -1.33. The van der Waals surface area contributed by atoms with Crippen molar-refractivity contribution in [2.75, 3.05) is 25.6 Å². The van der Waals surface area contributed by atoms with Crippen LogP contribution in [0, 0.1) is 0 Å². The number of thiocarbonyl (C=S) groups is 1. The first kappa shape index (κ1) is 14.1. The van der Waals surface area contributed by atoms with Crippen molar-refractivity contribution < 1.29 is 9.47 Å². The summed E-state index contributed by atoms with van der Waals surface area (Å²) < 4.78 is 10.8. The van der Waals surface area contributed by atoms with Crippen molar-refractivity contribution in [1.29, 1.82) is 0 Å². The lowest BCUT2D eigenvalue weighted by Crippen LogP contribution is -2.43. The molecule has 0 aromatic heterocycles. The maximum Gasteiger partial charge on any atom is 0.120 e. The van der Waals surface area contributed by atoms with Gasteiger partial charge in [0.15, 0.2) is 0 Å². The highest BCUT2D eigenvalue weighted by molar-refractivity contribution is 7.80. The van der Waals surface area contributed by atoms with Gasteiger partial charge in [-0.05, 0) is 31.9 Å². The van der Waals surface area contributed by atoms with Crippen molar-refractivity contribution in [3.05, 3.63) is 23.8 Å². The number of nitrogens with two attached hydrogens (primary N) is 1. The average molecular weight is 280 g/mol. The van der Waals surface area contributed by atoms with E-state index in [9.17, 15) is 0 Å². The molecule has 0 radical (unpaired) electrons. The van der Waals surface area contributed by atoms with Gasteiger partial charge < -0.3 is 20.5 Å². The van der Waals surface area contributed by atoms with E-state index in [1.165, 1.54) is 0 Å². The van der Waals surface area contributed by atoms with Crippen molar-refractivity contribution in [3.63, 3.8) is 0 Å². The van der Waals surface area contributed by atoms with E-state index in [0.717, 1.165) is 36.4 Å². The summed E-state index contributed by atoms with van der Waals surface area (Å²) in [6.07, 6.45) is 2.11. The van der Waals surface area contributed by atoms with Crippen LogP contribution in [0.25, 0.3) is 0 Å². The lowest BCUT2D eigenvalue weighted by molar-refractivity contribution is 0.0540. The van der Waals surface area contributed by atoms with Crippen LogP contribution >= 0.6 is 12.2 Å². The molecular formula is C14H20N2O2S. The summed E-state index contributed by atoms with van der Waals surface area (Å²) >= 11 is 5.10. The third-order valence-electron chi connectivity index (χ3n) is 3.37. The molecular weight excluding hydrogens is 260 g/mol. The predicted molar refractivity (Wildman–Crippen MR) is 81.0 cm³/mol. The van der Waals surface area contributed by atoms with Gasteiger partial charge in [-0.2, -0.15) is 0 Å². The first-order chi connectivity index (χ1) is 9.04. The molecule has 1 aromatic carbocycles. The second-order valence-electron chi connectivity index (χ2n) is 5.12. The summed E-state index contributed by atoms with van der Waals surface area (Å²) in [5.74, 6) is 0.780. The zero-order valence-corrected chi connectivity index (χ0v) is 12.2. The molecule has 1 atom stereocenters. The summed E-state index contributed by atoms with van der Waals surface area (Å²) in [4.78, 5) is 0.380. The number of methoxy groups -OCH3 is 1. The Labute approximate surface area is 119 Å². The summed E-state index contributed by atoms with van der Waals surface area (Å²) in [5.41, 5.74) is 7.42. The van der Waals surface area contributed by atoms with Gasteiger partial charge in [-0.3, -0.25) is 0 Å². The number of hydrogen-bond acceptors (Lipinski definition) is 4. The van der Waals surface area contributed by atoms with E-state index in [-0.39, 0.29) is 5.54 Å². The van der Waals surface area contributed by atoms with Gasteiger partial charge >= 0.3 is 0 Å². The highest BCUT2D eigenvalue weighted by Crippen LogP contribution is 2.29. The summed E-state index contributed by atoms with van der Waals surface area (Å²) in [6, 6.07) is 5.67. The van der Waals surface area contributed by atoms with Crippen molar-refractivity contribution in [2.45, 2.75) is 25.3 Å². The molecule has 0 aliphatic carbocycles. The Morgan fingerprint density at radius 1 is 1.53 bits per heavy atom. The summed E-state index contributed by atoms with van der Waals surface area (Å²) in [7, 11) is 1.64. The second kappa shape index (κ2) is 5.75. The zero-order valence-electron chi connectivity index (χ0n) is 11.4. The van der Waals surface area contributed by atoms with Crippen LogP contribution in [0.3, 0.4) is 0 Å². The van der Waals surface area contributed by atoms with Gasteiger partial charge in [0, 0.05) is 23.9 Å². The van der Waals surface area contributed by atoms with Crippen LogP contribution in [0.2, 0.25) is 0 Å². The average Bonchev–Trinajstić information content (AvgIpc) is 2.38. The smallest absolute Gasteiger partial charge is 0.120 e. The monoisotopic (exact) mass is 280 g/mol. The number of benzene rings is 1. The first-order valence-electron chi connectivity index (χ1n) is 6.38.